The molecule has 0 saturated carbocycles. The van der Waals surface area contributed by atoms with Gasteiger partial charge in [-0.2, -0.15) is 0 Å². The second-order valence-electron chi connectivity index (χ2n) is 4.59. The molecule has 0 spiro atoms. The average Bonchev–Trinajstić information content (AvgIpc) is 2.42. The van der Waals surface area contributed by atoms with Crippen LogP contribution in [0, 0.1) is 0 Å². The van der Waals surface area contributed by atoms with Crippen molar-refractivity contribution in [1.29, 1.82) is 0 Å². The lowest BCUT2D eigenvalue weighted by atomic mass is 10.1. The number of hydrogen-bond donors (Lipinski definition) is 1. The number of ether oxygens (including phenoxy) is 2. The van der Waals surface area contributed by atoms with Crippen LogP contribution >= 0.6 is 0 Å². The van der Waals surface area contributed by atoms with E-state index >= 15 is 0 Å². The maximum absolute atomic E-state index is 5.87. The van der Waals surface area contributed by atoms with Crippen LogP contribution in [0.5, 0.6) is 5.75 Å². The van der Waals surface area contributed by atoms with E-state index in [0.717, 1.165) is 57.0 Å². The third-order valence-electron chi connectivity index (χ3n) is 3.00. The highest BCUT2D eigenvalue weighted by molar-refractivity contribution is 5.20. The van der Waals surface area contributed by atoms with Gasteiger partial charge >= 0.3 is 0 Å². The number of nitrogens with zero attached hydrogens (tertiary/aromatic N) is 1. The Morgan fingerprint density at radius 2 is 2.22 bits per heavy atom. The SMILES string of the molecule is CCCNCc1ccc(OC2CCOCC2)cn1. The van der Waals surface area contributed by atoms with Crippen LogP contribution in [0.25, 0.3) is 0 Å². The van der Waals surface area contributed by atoms with E-state index in [-0.39, 0.29) is 6.10 Å². The number of aromatic nitrogens is 1. The molecule has 0 aliphatic carbocycles. The molecule has 1 N–H and O–H groups in total. The van der Waals surface area contributed by atoms with Crippen molar-refractivity contribution in [3.8, 4) is 5.75 Å². The number of pyridine rings is 1. The molecule has 1 aromatic heterocycles. The molecule has 4 nitrogen and oxygen atoms in total. The molecular weight excluding hydrogens is 228 g/mol. The van der Waals surface area contributed by atoms with E-state index < -0.39 is 0 Å². The maximum atomic E-state index is 5.87. The molecule has 0 aromatic carbocycles. The molecule has 2 heterocycles. The van der Waals surface area contributed by atoms with Crippen LogP contribution in [0.3, 0.4) is 0 Å². The van der Waals surface area contributed by atoms with Crippen molar-refractivity contribution in [1.82, 2.24) is 10.3 Å². The van der Waals surface area contributed by atoms with E-state index in [2.05, 4.69) is 17.2 Å². The van der Waals surface area contributed by atoms with Crippen molar-refractivity contribution in [3.05, 3.63) is 24.0 Å². The summed E-state index contributed by atoms with van der Waals surface area (Å²) < 4.78 is 11.2. The largest absolute Gasteiger partial charge is 0.489 e. The molecule has 2 rings (SSSR count). The molecule has 18 heavy (non-hydrogen) atoms. The van der Waals surface area contributed by atoms with Gasteiger partial charge in [0.1, 0.15) is 11.9 Å². The Hall–Kier alpha value is -1.13. The minimum atomic E-state index is 0.282. The summed E-state index contributed by atoms with van der Waals surface area (Å²) in [4.78, 5) is 4.40. The van der Waals surface area contributed by atoms with Crippen LogP contribution < -0.4 is 10.1 Å². The Balaban J connectivity index is 1.79. The highest BCUT2D eigenvalue weighted by Crippen LogP contribution is 2.17. The van der Waals surface area contributed by atoms with Gasteiger partial charge < -0.3 is 14.8 Å². The summed E-state index contributed by atoms with van der Waals surface area (Å²) in [5.74, 6) is 0.862. The summed E-state index contributed by atoms with van der Waals surface area (Å²) in [5.41, 5.74) is 1.06. The zero-order valence-corrected chi connectivity index (χ0v) is 11.0. The summed E-state index contributed by atoms with van der Waals surface area (Å²) >= 11 is 0. The Morgan fingerprint density at radius 1 is 1.39 bits per heavy atom. The first-order valence-corrected chi connectivity index (χ1v) is 6.78. The van der Waals surface area contributed by atoms with Gasteiger partial charge in [0.2, 0.25) is 0 Å². The van der Waals surface area contributed by atoms with Gasteiger partial charge in [-0.25, -0.2) is 0 Å². The average molecular weight is 250 g/mol. The van der Waals surface area contributed by atoms with Crippen molar-refractivity contribution in [3.63, 3.8) is 0 Å². The second-order valence-corrected chi connectivity index (χ2v) is 4.59. The molecule has 1 saturated heterocycles. The van der Waals surface area contributed by atoms with Crippen LogP contribution in [0.2, 0.25) is 0 Å². The molecule has 1 aromatic rings. The number of hydrogen-bond acceptors (Lipinski definition) is 4. The lowest BCUT2D eigenvalue weighted by Gasteiger charge is -2.23. The fourth-order valence-corrected chi connectivity index (χ4v) is 1.96. The lowest BCUT2D eigenvalue weighted by Crippen LogP contribution is -2.25. The van der Waals surface area contributed by atoms with Gasteiger partial charge in [0.05, 0.1) is 25.1 Å². The molecule has 0 bridgehead atoms. The maximum Gasteiger partial charge on any atom is 0.138 e. The van der Waals surface area contributed by atoms with Crippen molar-refractivity contribution >= 4 is 0 Å². The molecule has 1 fully saturated rings. The van der Waals surface area contributed by atoms with Gasteiger partial charge in [-0.1, -0.05) is 6.92 Å². The van der Waals surface area contributed by atoms with Gasteiger partial charge in [-0.05, 0) is 25.1 Å². The summed E-state index contributed by atoms with van der Waals surface area (Å²) in [6.07, 6.45) is 5.19. The predicted molar refractivity (Wildman–Crippen MR) is 70.7 cm³/mol. The number of nitrogens with one attached hydrogen (secondary N) is 1. The summed E-state index contributed by atoms with van der Waals surface area (Å²) in [6, 6.07) is 4.03. The second kappa shape index (κ2) is 7.34. The minimum Gasteiger partial charge on any atom is -0.489 e. The van der Waals surface area contributed by atoms with E-state index in [9.17, 15) is 0 Å². The van der Waals surface area contributed by atoms with E-state index in [1.807, 2.05) is 18.3 Å². The Kier molecular flexibility index (Phi) is 5.42. The van der Waals surface area contributed by atoms with Crippen molar-refractivity contribution < 1.29 is 9.47 Å². The van der Waals surface area contributed by atoms with Gasteiger partial charge in [0, 0.05) is 19.4 Å². The van der Waals surface area contributed by atoms with E-state index in [0.29, 0.717) is 0 Å². The molecule has 1 aliphatic rings. The highest BCUT2D eigenvalue weighted by Gasteiger charge is 2.15. The third kappa shape index (κ3) is 4.27. The van der Waals surface area contributed by atoms with Gasteiger partial charge in [0.25, 0.3) is 0 Å². The molecular formula is C14H22N2O2. The van der Waals surface area contributed by atoms with Crippen molar-refractivity contribution in [2.45, 2.75) is 38.8 Å². The Labute approximate surface area is 109 Å². The monoisotopic (exact) mass is 250 g/mol. The molecule has 4 heteroatoms. The predicted octanol–water partition coefficient (Wildman–Crippen LogP) is 2.14. The topological polar surface area (TPSA) is 43.4 Å². The minimum absolute atomic E-state index is 0.282. The van der Waals surface area contributed by atoms with Gasteiger partial charge in [0.15, 0.2) is 0 Å². The smallest absolute Gasteiger partial charge is 0.138 e. The summed E-state index contributed by atoms with van der Waals surface area (Å²) in [5, 5.41) is 3.33. The van der Waals surface area contributed by atoms with Gasteiger partial charge in [-0.3, -0.25) is 4.98 Å². The van der Waals surface area contributed by atoms with Crippen LogP contribution in [-0.2, 0) is 11.3 Å². The standard InChI is InChI=1S/C14H22N2O2/c1-2-7-15-10-12-3-4-14(11-16-12)18-13-5-8-17-9-6-13/h3-4,11,13,15H,2,5-10H2,1H3. The van der Waals surface area contributed by atoms with E-state index in [4.69, 9.17) is 9.47 Å². The molecule has 0 atom stereocenters. The zero-order valence-electron chi connectivity index (χ0n) is 11.0. The quantitative estimate of drug-likeness (QED) is 0.786. The molecule has 100 valence electrons. The summed E-state index contributed by atoms with van der Waals surface area (Å²) in [7, 11) is 0. The van der Waals surface area contributed by atoms with Crippen molar-refractivity contribution in [2.75, 3.05) is 19.8 Å². The molecule has 0 amide bonds. The first-order valence-electron chi connectivity index (χ1n) is 6.78. The third-order valence-corrected chi connectivity index (χ3v) is 3.00. The van der Waals surface area contributed by atoms with Crippen molar-refractivity contribution in [2.24, 2.45) is 0 Å². The fourth-order valence-electron chi connectivity index (χ4n) is 1.96. The molecule has 0 radical (unpaired) electrons. The van der Waals surface area contributed by atoms with Gasteiger partial charge in [-0.15, -0.1) is 0 Å². The number of rotatable bonds is 6. The van der Waals surface area contributed by atoms with E-state index in [1.54, 1.807) is 0 Å². The van der Waals surface area contributed by atoms with Crippen LogP contribution in [0.15, 0.2) is 18.3 Å². The summed E-state index contributed by atoms with van der Waals surface area (Å²) in [6.45, 7) is 5.62. The lowest BCUT2D eigenvalue weighted by molar-refractivity contribution is 0.0254. The zero-order chi connectivity index (χ0) is 12.6. The fraction of sp³-hybridized carbons (Fsp3) is 0.643. The highest BCUT2D eigenvalue weighted by atomic mass is 16.5. The Bertz CT molecular complexity index is 334. The molecule has 1 aliphatic heterocycles. The normalized spacial score (nSPS) is 16.7. The van der Waals surface area contributed by atoms with E-state index in [1.165, 1.54) is 0 Å². The van der Waals surface area contributed by atoms with Crippen LogP contribution in [0.1, 0.15) is 31.9 Å². The Morgan fingerprint density at radius 3 is 2.89 bits per heavy atom. The van der Waals surface area contributed by atoms with Crippen LogP contribution in [-0.4, -0.2) is 30.8 Å². The first kappa shape index (κ1) is 13.3. The molecule has 0 unspecified atom stereocenters. The van der Waals surface area contributed by atoms with Crippen LogP contribution in [0.4, 0.5) is 0 Å². The first-order chi connectivity index (χ1) is 8.88.